The van der Waals surface area contributed by atoms with Crippen LogP contribution in [-0.4, -0.2) is 12.3 Å². The van der Waals surface area contributed by atoms with E-state index in [9.17, 15) is 4.79 Å². The molecule has 0 rings (SSSR count). The number of rotatable bonds is 2. The summed E-state index contributed by atoms with van der Waals surface area (Å²) in [6, 6.07) is -0.245. The predicted molar refractivity (Wildman–Crippen MR) is 24.3 cm³/mol. The molecule has 0 aliphatic rings. The monoisotopic (exact) mass is 87.1 g/mol. The minimum absolute atomic E-state index is 0.245. The third kappa shape index (κ3) is 1.91. The molecular weight excluding hydrogens is 78.0 g/mol. The number of aldehydes is 1. The van der Waals surface area contributed by atoms with Gasteiger partial charge in [-0.2, -0.15) is 0 Å². The molecule has 0 saturated heterocycles. The van der Waals surface area contributed by atoms with Crippen LogP contribution in [0, 0.1) is 0 Å². The van der Waals surface area contributed by atoms with Crippen molar-refractivity contribution < 1.29 is 4.79 Å². The first-order valence-corrected chi connectivity index (χ1v) is 2.02. The first kappa shape index (κ1) is 5.63. The van der Waals surface area contributed by atoms with Gasteiger partial charge in [-0.25, -0.2) is 0 Å². The molecule has 0 unspecified atom stereocenters. The van der Waals surface area contributed by atoms with Crippen molar-refractivity contribution in [1.29, 1.82) is 0 Å². The Labute approximate surface area is 37.3 Å². The van der Waals surface area contributed by atoms with Crippen LogP contribution in [0.2, 0.25) is 0 Å². The van der Waals surface area contributed by atoms with Gasteiger partial charge in [0.05, 0.1) is 6.04 Å². The van der Waals surface area contributed by atoms with E-state index in [1.807, 2.05) is 6.92 Å². The van der Waals surface area contributed by atoms with E-state index in [1.165, 1.54) is 0 Å². The van der Waals surface area contributed by atoms with Gasteiger partial charge in [-0.15, -0.1) is 0 Å². The first-order chi connectivity index (χ1) is 2.81. The van der Waals surface area contributed by atoms with E-state index in [1.54, 1.807) is 0 Å². The van der Waals surface area contributed by atoms with Gasteiger partial charge in [0.1, 0.15) is 6.29 Å². The van der Waals surface area contributed by atoms with Crippen molar-refractivity contribution in [2.45, 2.75) is 19.4 Å². The molecule has 0 fully saturated rings. The summed E-state index contributed by atoms with van der Waals surface area (Å²) in [5.41, 5.74) is 5.10. The molecule has 6 heavy (non-hydrogen) atoms. The molecule has 2 nitrogen and oxygen atoms in total. The van der Waals surface area contributed by atoms with Gasteiger partial charge in [-0.05, 0) is 6.42 Å². The molecule has 0 amide bonds. The zero-order chi connectivity index (χ0) is 4.99. The summed E-state index contributed by atoms with van der Waals surface area (Å²) in [7, 11) is 0. The highest BCUT2D eigenvalue weighted by atomic mass is 16.1. The van der Waals surface area contributed by atoms with Crippen LogP contribution in [0.1, 0.15) is 13.3 Å². The van der Waals surface area contributed by atoms with E-state index in [0.29, 0.717) is 0 Å². The topological polar surface area (TPSA) is 43.1 Å². The summed E-state index contributed by atoms with van der Waals surface area (Å²) >= 11 is 0. The van der Waals surface area contributed by atoms with E-state index in [2.05, 4.69) is 0 Å². The molecule has 36 valence electrons. The molecule has 0 bridgehead atoms. The zero-order valence-electron chi connectivity index (χ0n) is 3.85. The van der Waals surface area contributed by atoms with Gasteiger partial charge in [0.25, 0.3) is 0 Å². The van der Waals surface area contributed by atoms with Gasteiger partial charge in [-0.1, -0.05) is 6.92 Å². The van der Waals surface area contributed by atoms with Gasteiger partial charge in [0, 0.05) is 0 Å². The van der Waals surface area contributed by atoms with Gasteiger partial charge in [-0.3, -0.25) is 0 Å². The zero-order valence-corrected chi connectivity index (χ0v) is 3.85. The summed E-state index contributed by atoms with van der Waals surface area (Å²) in [4.78, 5) is 9.61. The molecule has 2 heteroatoms. The summed E-state index contributed by atoms with van der Waals surface area (Å²) < 4.78 is 0. The van der Waals surface area contributed by atoms with Crippen LogP contribution < -0.4 is 5.73 Å². The van der Waals surface area contributed by atoms with Crippen molar-refractivity contribution in [2.24, 2.45) is 5.73 Å². The molecule has 0 saturated carbocycles. The Morgan fingerprint density at radius 2 is 2.50 bits per heavy atom. The van der Waals surface area contributed by atoms with Gasteiger partial charge in [0.2, 0.25) is 0 Å². The Kier molecular flexibility index (Phi) is 2.67. The molecule has 0 spiro atoms. The summed E-state index contributed by atoms with van der Waals surface area (Å²) in [5, 5.41) is 0. The number of carbonyl (C=O) groups excluding carboxylic acids is 1. The molecular formula is C4H9NO. The fourth-order valence-electron chi connectivity index (χ4n) is 0.0962. The van der Waals surface area contributed by atoms with Crippen molar-refractivity contribution in [3.8, 4) is 0 Å². The third-order valence-corrected chi connectivity index (χ3v) is 0.646. The van der Waals surface area contributed by atoms with Gasteiger partial charge in [0.15, 0.2) is 0 Å². The highest BCUT2D eigenvalue weighted by molar-refractivity contribution is 5.56. The molecule has 0 radical (unpaired) electrons. The van der Waals surface area contributed by atoms with Gasteiger partial charge < -0.3 is 10.5 Å². The van der Waals surface area contributed by atoms with Crippen LogP contribution in [0.4, 0.5) is 0 Å². The van der Waals surface area contributed by atoms with Crippen LogP contribution in [0.5, 0.6) is 0 Å². The van der Waals surface area contributed by atoms with Crippen molar-refractivity contribution in [2.75, 3.05) is 0 Å². The molecule has 0 heterocycles. The third-order valence-electron chi connectivity index (χ3n) is 0.646. The van der Waals surface area contributed by atoms with Crippen molar-refractivity contribution in [3.05, 3.63) is 0 Å². The molecule has 0 aromatic carbocycles. The summed E-state index contributed by atoms with van der Waals surface area (Å²) in [6.07, 6.45) is 1.49. The lowest BCUT2D eigenvalue weighted by Gasteiger charge is -1.90. The lowest BCUT2D eigenvalue weighted by Crippen LogP contribution is -2.19. The second-order valence-corrected chi connectivity index (χ2v) is 1.21. The summed E-state index contributed by atoms with van der Waals surface area (Å²) in [5.74, 6) is 0. The Morgan fingerprint density at radius 1 is 2.00 bits per heavy atom. The van der Waals surface area contributed by atoms with Crippen LogP contribution in [0.25, 0.3) is 0 Å². The second-order valence-electron chi connectivity index (χ2n) is 1.21. The predicted octanol–water partition coefficient (Wildman–Crippen LogP) is -0.0774. The van der Waals surface area contributed by atoms with Crippen molar-refractivity contribution in [3.63, 3.8) is 0 Å². The van der Waals surface area contributed by atoms with Crippen LogP contribution in [0.15, 0.2) is 0 Å². The maximum absolute atomic E-state index is 9.61. The van der Waals surface area contributed by atoms with E-state index in [0.717, 1.165) is 12.7 Å². The Balaban J connectivity index is 2.96. The van der Waals surface area contributed by atoms with Crippen molar-refractivity contribution >= 4 is 6.29 Å². The van der Waals surface area contributed by atoms with E-state index in [-0.39, 0.29) is 6.04 Å². The Bertz CT molecular complexity index is 44.8. The normalized spacial score (nSPS) is 13.7. The van der Waals surface area contributed by atoms with E-state index >= 15 is 0 Å². The maximum Gasteiger partial charge on any atom is 0.136 e. The highest BCUT2D eigenvalue weighted by Gasteiger charge is 1.89. The van der Waals surface area contributed by atoms with Gasteiger partial charge >= 0.3 is 0 Å². The smallest absolute Gasteiger partial charge is 0.136 e. The molecule has 2 N–H and O–H groups in total. The number of hydrogen-bond donors (Lipinski definition) is 1. The average molecular weight is 87.1 g/mol. The van der Waals surface area contributed by atoms with Crippen LogP contribution in [-0.2, 0) is 4.79 Å². The standard InChI is InChI=1S/C4H9NO/c1-2-4(5)3-6/h3-4H,2,5H2,1H3/t4-/m0/s1. The van der Waals surface area contributed by atoms with Crippen LogP contribution >= 0.6 is 0 Å². The van der Waals surface area contributed by atoms with E-state index < -0.39 is 0 Å². The molecule has 0 aromatic rings. The Hall–Kier alpha value is -0.370. The lowest BCUT2D eigenvalue weighted by atomic mass is 10.3. The second kappa shape index (κ2) is 2.85. The van der Waals surface area contributed by atoms with Crippen molar-refractivity contribution in [1.82, 2.24) is 0 Å². The highest BCUT2D eigenvalue weighted by Crippen LogP contribution is 1.75. The molecule has 0 aliphatic carbocycles. The maximum atomic E-state index is 9.61. The summed E-state index contributed by atoms with van der Waals surface area (Å²) in [6.45, 7) is 1.87. The molecule has 1 atom stereocenters. The minimum Gasteiger partial charge on any atom is -0.322 e. The molecule has 0 aliphatic heterocycles. The Morgan fingerprint density at radius 3 is 2.50 bits per heavy atom. The number of carbonyl (C=O) groups is 1. The number of hydrogen-bond acceptors (Lipinski definition) is 2. The quantitative estimate of drug-likeness (QED) is 0.479. The fourth-order valence-corrected chi connectivity index (χ4v) is 0.0962. The number of nitrogens with two attached hydrogens (primary N) is 1. The lowest BCUT2D eigenvalue weighted by molar-refractivity contribution is -0.108. The van der Waals surface area contributed by atoms with E-state index in [4.69, 9.17) is 5.73 Å². The SMILES string of the molecule is CC[C@H](N)C=O. The van der Waals surface area contributed by atoms with Crippen LogP contribution in [0.3, 0.4) is 0 Å². The fraction of sp³-hybridized carbons (Fsp3) is 0.750. The first-order valence-electron chi connectivity index (χ1n) is 2.02. The molecule has 0 aromatic heterocycles. The average Bonchev–Trinajstić information content (AvgIpc) is 1.65. The largest absolute Gasteiger partial charge is 0.322 e. The minimum atomic E-state index is -0.245.